The molecule has 0 aliphatic rings. The summed E-state index contributed by atoms with van der Waals surface area (Å²) < 4.78 is 34.2. The van der Waals surface area contributed by atoms with Gasteiger partial charge in [-0.15, -0.1) is 0 Å². The fourth-order valence-electron chi connectivity index (χ4n) is 0.708. The van der Waals surface area contributed by atoms with E-state index in [4.69, 9.17) is 0 Å². The highest BCUT2D eigenvalue weighted by molar-refractivity contribution is 7.86. The van der Waals surface area contributed by atoms with Crippen LogP contribution in [-0.2, 0) is 17.3 Å². The second-order valence-corrected chi connectivity index (χ2v) is 3.43. The summed E-state index contributed by atoms with van der Waals surface area (Å²) in [4.78, 5) is 3.63. The third kappa shape index (κ3) is 1.40. The summed E-state index contributed by atoms with van der Waals surface area (Å²) in [5.74, 6) is 0.459. The molecule has 11 heavy (non-hydrogen) atoms. The van der Waals surface area contributed by atoms with Gasteiger partial charge in [-0.25, -0.2) is 4.98 Å². The second-order valence-electron chi connectivity index (χ2n) is 2.14. The fraction of sp³-hybridized carbons (Fsp3) is 0.400. The molecule has 0 saturated heterocycles. The summed E-state index contributed by atoms with van der Waals surface area (Å²) in [6, 6.07) is 0. The van der Waals surface area contributed by atoms with Crippen LogP contribution < -0.4 is 0 Å². The molecule has 1 heterocycles. The molecule has 0 aromatic carbocycles. The Kier molecular flexibility index (Phi) is 1.71. The van der Waals surface area contributed by atoms with Crippen molar-refractivity contribution in [2.24, 2.45) is 7.05 Å². The van der Waals surface area contributed by atoms with Crippen molar-refractivity contribution in [3.05, 3.63) is 12.0 Å². The van der Waals surface area contributed by atoms with Crippen molar-refractivity contribution in [3.63, 3.8) is 0 Å². The Morgan fingerprint density at radius 3 is 2.36 bits per heavy atom. The van der Waals surface area contributed by atoms with Crippen LogP contribution in [0.1, 0.15) is 5.82 Å². The summed E-state index contributed by atoms with van der Waals surface area (Å²) in [5.41, 5.74) is 0. The first-order valence-electron chi connectivity index (χ1n) is 2.86. The summed E-state index contributed by atoms with van der Waals surface area (Å²) in [6.45, 7) is 1.59. The summed E-state index contributed by atoms with van der Waals surface area (Å²) in [6.07, 6.45) is 0.991. The van der Waals surface area contributed by atoms with E-state index >= 15 is 0 Å². The van der Waals surface area contributed by atoms with E-state index in [1.807, 2.05) is 0 Å². The van der Waals surface area contributed by atoms with E-state index in [2.05, 4.69) is 4.98 Å². The maximum Gasteiger partial charge on any atom is 0.349 e. The first kappa shape index (κ1) is 8.19. The lowest BCUT2D eigenvalue weighted by atomic mass is 10.7. The lowest BCUT2D eigenvalue weighted by molar-refractivity contribution is 0.540. The van der Waals surface area contributed by atoms with Crippen LogP contribution in [-0.4, -0.2) is 18.0 Å². The van der Waals surface area contributed by atoms with Gasteiger partial charge in [0.2, 0.25) is 0 Å². The van der Waals surface area contributed by atoms with E-state index in [1.54, 1.807) is 6.92 Å². The van der Waals surface area contributed by atoms with Crippen molar-refractivity contribution >= 4 is 10.2 Å². The first-order valence-corrected chi connectivity index (χ1v) is 4.24. The summed E-state index contributed by atoms with van der Waals surface area (Å²) >= 11 is 0. The minimum atomic E-state index is -4.61. The van der Waals surface area contributed by atoms with Crippen molar-refractivity contribution in [2.45, 2.75) is 11.9 Å². The van der Waals surface area contributed by atoms with Gasteiger partial charge < -0.3 is 4.57 Å². The smallest absolute Gasteiger partial charge is 0.320 e. The maximum atomic E-state index is 12.3. The number of nitrogens with zero attached hydrogens (tertiary/aromatic N) is 2. The molecule has 0 atom stereocenters. The molecule has 0 N–H and O–H groups in total. The largest absolute Gasteiger partial charge is 0.349 e. The molecule has 0 aliphatic carbocycles. The van der Waals surface area contributed by atoms with Crippen LogP contribution in [0.4, 0.5) is 3.89 Å². The van der Waals surface area contributed by atoms with Crippen LogP contribution in [0.25, 0.3) is 0 Å². The highest BCUT2D eigenvalue weighted by atomic mass is 32.3. The molecule has 0 fully saturated rings. The zero-order valence-electron chi connectivity index (χ0n) is 6.07. The molecule has 1 aromatic heterocycles. The lowest BCUT2D eigenvalue weighted by Crippen LogP contribution is -2.01. The van der Waals surface area contributed by atoms with Gasteiger partial charge >= 0.3 is 10.2 Å². The SMILES string of the molecule is Cc1ncc(S(=O)(=O)F)n1C. The van der Waals surface area contributed by atoms with Crippen LogP contribution in [0.15, 0.2) is 11.2 Å². The Morgan fingerprint density at radius 1 is 1.64 bits per heavy atom. The summed E-state index contributed by atoms with van der Waals surface area (Å²) in [5, 5.41) is -0.407. The topological polar surface area (TPSA) is 52.0 Å². The van der Waals surface area contributed by atoms with E-state index < -0.39 is 15.2 Å². The Labute approximate surface area is 63.9 Å². The number of rotatable bonds is 1. The van der Waals surface area contributed by atoms with E-state index in [9.17, 15) is 12.3 Å². The third-order valence-corrected chi connectivity index (χ3v) is 2.31. The molecule has 0 radical (unpaired) electrons. The molecular weight excluding hydrogens is 171 g/mol. The first-order chi connectivity index (χ1) is 4.93. The zero-order valence-corrected chi connectivity index (χ0v) is 6.89. The molecule has 0 unspecified atom stereocenters. The molecule has 4 nitrogen and oxygen atoms in total. The van der Waals surface area contributed by atoms with Crippen molar-refractivity contribution in [1.29, 1.82) is 0 Å². The van der Waals surface area contributed by atoms with Crippen LogP contribution in [0.5, 0.6) is 0 Å². The van der Waals surface area contributed by atoms with Crippen molar-refractivity contribution in [2.75, 3.05) is 0 Å². The molecule has 0 bridgehead atoms. The normalized spacial score (nSPS) is 11.9. The van der Waals surface area contributed by atoms with Gasteiger partial charge in [0.05, 0.1) is 6.20 Å². The van der Waals surface area contributed by atoms with Crippen LogP contribution in [0.2, 0.25) is 0 Å². The van der Waals surface area contributed by atoms with E-state index in [0.717, 1.165) is 6.20 Å². The number of aromatic nitrogens is 2. The minimum absolute atomic E-state index is 0.407. The van der Waals surface area contributed by atoms with Gasteiger partial charge in [-0.05, 0) is 6.92 Å². The average Bonchev–Trinajstić information content (AvgIpc) is 2.11. The highest BCUT2D eigenvalue weighted by Crippen LogP contribution is 2.11. The minimum Gasteiger partial charge on any atom is -0.320 e. The van der Waals surface area contributed by atoms with Crippen LogP contribution in [0.3, 0.4) is 0 Å². The Morgan fingerprint density at radius 2 is 2.18 bits per heavy atom. The third-order valence-electron chi connectivity index (χ3n) is 1.43. The molecule has 62 valence electrons. The second kappa shape index (κ2) is 2.30. The van der Waals surface area contributed by atoms with Gasteiger partial charge in [0.15, 0.2) is 5.03 Å². The maximum absolute atomic E-state index is 12.3. The fourth-order valence-corrected chi connectivity index (χ4v) is 1.35. The average molecular weight is 178 g/mol. The van der Waals surface area contributed by atoms with Crippen molar-refractivity contribution in [1.82, 2.24) is 9.55 Å². The Bertz CT molecular complexity index is 368. The predicted octanol–water partition coefficient (Wildman–Crippen LogP) is 0.387. The van der Waals surface area contributed by atoms with Gasteiger partial charge in [0.25, 0.3) is 0 Å². The standard InChI is InChI=1S/C5H7FN2O2S/c1-4-7-3-5(8(4)2)11(6,9)10/h3H,1-2H3. The molecule has 0 spiro atoms. The molecular formula is C5H7FN2O2S. The van der Waals surface area contributed by atoms with E-state index in [-0.39, 0.29) is 0 Å². The number of imidazole rings is 1. The molecule has 0 amide bonds. The van der Waals surface area contributed by atoms with Gasteiger partial charge in [0.1, 0.15) is 5.82 Å². The van der Waals surface area contributed by atoms with Crippen molar-refractivity contribution < 1.29 is 12.3 Å². The quantitative estimate of drug-likeness (QED) is 0.584. The Balaban J connectivity index is 3.38. The lowest BCUT2D eigenvalue weighted by Gasteiger charge is -1.96. The van der Waals surface area contributed by atoms with Crippen LogP contribution >= 0.6 is 0 Å². The number of aryl methyl sites for hydroxylation is 1. The van der Waals surface area contributed by atoms with E-state index in [1.165, 1.54) is 11.6 Å². The number of hydrogen-bond donors (Lipinski definition) is 0. The van der Waals surface area contributed by atoms with Gasteiger partial charge in [-0.3, -0.25) is 0 Å². The zero-order chi connectivity index (χ0) is 8.65. The molecule has 0 aliphatic heterocycles. The molecule has 1 rings (SSSR count). The van der Waals surface area contributed by atoms with Crippen LogP contribution in [0, 0.1) is 6.92 Å². The Hall–Kier alpha value is -0.910. The molecule has 1 aromatic rings. The monoisotopic (exact) mass is 178 g/mol. The van der Waals surface area contributed by atoms with Gasteiger partial charge in [-0.2, -0.15) is 8.42 Å². The van der Waals surface area contributed by atoms with Crippen molar-refractivity contribution in [3.8, 4) is 0 Å². The number of hydrogen-bond acceptors (Lipinski definition) is 3. The van der Waals surface area contributed by atoms with E-state index in [0.29, 0.717) is 5.82 Å². The summed E-state index contributed by atoms with van der Waals surface area (Å²) in [7, 11) is -3.17. The van der Waals surface area contributed by atoms with Gasteiger partial charge in [-0.1, -0.05) is 3.89 Å². The predicted molar refractivity (Wildman–Crippen MR) is 36.2 cm³/mol. The number of halogens is 1. The highest BCUT2D eigenvalue weighted by Gasteiger charge is 2.17. The van der Waals surface area contributed by atoms with Gasteiger partial charge in [0, 0.05) is 7.05 Å². The molecule has 0 saturated carbocycles. The molecule has 6 heteroatoms.